The van der Waals surface area contributed by atoms with Gasteiger partial charge in [-0.25, -0.2) is 0 Å². The molecular weight excluding hydrogens is 262 g/mol. The highest BCUT2D eigenvalue weighted by Gasteiger charge is 2.43. The Balaban J connectivity index is 2.10. The number of allylic oxidation sites excluding steroid dienone is 1. The summed E-state index contributed by atoms with van der Waals surface area (Å²) in [6.45, 7) is 0. The minimum absolute atomic E-state index is 0.108. The second-order valence-electron chi connectivity index (χ2n) is 3.72. The summed E-state index contributed by atoms with van der Waals surface area (Å²) >= 11 is 0. The summed E-state index contributed by atoms with van der Waals surface area (Å²) in [5, 5.41) is 10.2. The number of fused-ring (bicyclic) bond motifs is 1. The summed E-state index contributed by atoms with van der Waals surface area (Å²) in [6.07, 6.45) is -2.13. The second-order valence-corrected chi connectivity index (χ2v) is 3.72. The van der Waals surface area contributed by atoms with Gasteiger partial charge in [-0.15, -0.1) is 8.78 Å². The number of hydrogen-bond acceptors (Lipinski definition) is 5. The van der Waals surface area contributed by atoms with E-state index in [1.54, 1.807) is 0 Å². The number of halogens is 2. The minimum atomic E-state index is -3.70. The lowest BCUT2D eigenvalue weighted by Gasteiger charge is -2.04. The number of ether oxygens (including phenoxy) is 2. The van der Waals surface area contributed by atoms with Gasteiger partial charge >= 0.3 is 6.29 Å². The van der Waals surface area contributed by atoms with Crippen LogP contribution in [0.1, 0.15) is 12.0 Å². The second kappa shape index (κ2) is 4.68. The highest BCUT2D eigenvalue weighted by atomic mass is 19.3. The number of carbonyl (C=O) groups is 2. The van der Waals surface area contributed by atoms with Crippen molar-refractivity contribution in [2.24, 2.45) is 0 Å². The molecule has 0 radical (unpaired) electrons. The Hall–Kier alpha value is -2.44. The van der Waals surface area contributed by atoms with Crippen LogP contribution in [0.15, 0.2) is 24.3 Å². The van der Waals surface area contributed by atoms with E-state index in [1.807, 2.05) is 0 Å². The fourth-order valence-electron chi connectivity index (χ4n) is 1.46. The normalized spacial score (nSPS) is 15.7. The van der Waals surface area contributed by atoms with Crippen LogP contribution in [-0.2, 0) is 9.59 Å². The van der Waals surface area contributed by atoms with Crippen LogP contribution in [-0.4, -0.2) is 18.0 Å². The van der Waals surface area contributed by atoms with Gasteiger partial charge in [-0.3, -0.25) is 4.79 Å². The zero-order chi connectivity index (χ0) is 14.0. The van der Waals surface area contributed by atoms with Gasteiger partial charge < -0.3 is 19.4 Å². The molecule has 0 bridgehead atoms. The van der Waals surface area contributed by atoms with Gasteiger partial charge in [0.25, 0.3) is 0 Å². The van der Waals surface area contributed by atoms with Crippen molar-refractivity contribution < 1.29 is 33.0 Å². The molecule has 100 valence electrons. The molecular formula is C12H7F2O5-. The van der Waals surface area contributed by atoms with Gasteiger partial charge in [-0.2, -0.15) is 0 Å². The number of rotatable bonds is 4. The van der Waals surface area contributed by atoms with Crippen LogP contribution in [0, 0.1) is 0 Å². The largest absolute Gasteiger partial charge is 0.586 e. The molecule has 1 aromatic carbocycles. The number of carboxylic acids is 1. The van der Waals surface area contributed by atoms with Crippen molar-refractivity contribution in [3.8, 4) is 11.5 Å². The van der Waals surface area contributed by atoms with E-state index in [2.05, 4.69) is 9.47 Å². The van der Waals surface area contributed by atoms with Crippen LogP contribution in [0.25, 0.3) is 6.08 Å². The first-order chi connectivity index (χ1) is 8.85. The van der Waals surface area contributed by atoms with E-state index >= 15 is 0 Å². The van der Waals surface area contributed by atoms with E-state index in [1.165, 1.54) is 24.3 Å². The van der Waals surface area contributed by atoms with Gasteiger partial charge in [0, 0.05) is 5.97 Å². The summed E-state index contributed by atoms with van der Waals surface area (Å²) in [5.74, 6) is -2.41. The molecule has 0 N–H and O–H groups in total. The Bertz CT molecular complexity index is 565. The molecule has 5 nitrogen and oxygen atoms in total. The van der Waals surface area contributed by atoms with Crippen molar-refractivity contribution in [2.45, 2.75) is 12.7 Å². The first-order valence-electron chi connectivity index (χ1n) is 5.16. The summed E-state index contributed by atoms with van der Waals surface area (Å²) in [5.41, 5.74) is 0.395. The third kappa shape index (κ3) is 3.27. The standard InChI is InChI=1S/C12H8F2O5/c13-12(14)18-9-4-2-7(5-10(9)19-12)1-3-8(15)6-11(16)17/h1-5H,6H2,(H,16,17)/p-1/b3-1+. The van der Waals surface area contributed by atoms with Crippen LogP contribution in [0.2, 0.25) is 0 Å². The molecule has 0 aromatic heterocycles. The van der Waals surface area contributed by atoms with Gasteiger partial charge in [-0.05, 0) is 23.8 Å². The maximum Gasteiger partial charge on any atom is 0.586 e. The molecule has 0 atom stereocenters. The number of benzene rings is 1. The topological polar surface area (TPSA) is 75.7 Å². The molecule has 0 unspecified atom stereocenters. The molecule has 0 fully saturated rings. The monoisotopic (exact) mass is 269 g/mol. The van der Waals surface area contributed by atoms with E-state index in [-0.39, 0.29) is 11.5 Å². The molecule has 1 aliphatic rings. The molecule has 19 heavy (non-hydrogen) atoms. The third-order valence-electron chi connectivity index (χ3n) is 2.21. The minimum Gasteiger partial charge on any atom is -0.550 e. The van der Waals surface area contributed by atoms with Crippen LogP contribution in [0.3, 0.4) is 0 Å². The van der Waals surface area contributed by atoms with Gasteiger partial charge in [0.15, 0.2) is 17.3 Å². The zero-order valence-electron chi connectivity index (χ0n) is 9.39. The third-order valence-corrected chi connectivity index (χ3v) is 2.21. The Labute approximate surface area is 106 Å². The number of ketones is 1. The molecule has 0 saturated heterocycles. The first kappa shape index (κ1) is 13.0. The van der Waals surface area contributed by atoms with E-state index in [0.717, 1.165) is 6.08 Å². The van der Waals surface area contributed by atoms with Crippen molar-refractivity contribution >= 4 is 17.8 Å². The van der Waals surface area contributed by atoms with Gasteiger partial charge in [0.2, 0.25) is 0 Å². The average molecular weight is 269 g/mol. The van der Waals surface area contributed by atoms with Crippen LogP contribution < -0.4 is 14.6 Å². The molecule has 7 heteroatoms. The maximum absolute atomic E-state index is 12.7. The van der Waals surface area contributed by atoms with E-state index < -0.39 is 24.5 Å². The lowest BCUT2D eigenvalue weighted by Crippen LogP contribution is -2.25. The van der Waals surface area contributed by atoms with Crippen LogP contribution in [0.4, 0.5) is 8.78 Å². The molecule has 1 heterocycles. The van der Waals surface area contributed by atoms with Gasteiger partial charge in [-0.1, -0.05) is 12.1 Å². The summed E-state index contributed by atoms with van der Waals surface area (Å²) < 4.78 is 33.9. The summed E-state index contributed by atoms with van der Waals surface area (Å²) in [4.78, 5) is 21.2. The van der Waals surface area contributed by atoms with Crippen molar-refractivity contribution in [3.63, 3.8) is 0 Å². The molecule has 2 rings (SSSR count). The lowest BCUT2D eigenvalue weighted by atomic mass is 10.1. The first-order valence-corrected chi connectivity index (χ1v) is 5.16. The smallest absolute Gasteiger partial charge is 0.550 e. The maximum atomic E-state index is 12.7. The van der Waals surface area contributed by atoms with Crippen LogP contribution >= 0.6 is 0 Å². The Morgan fingerprint density at radius 1 is 1.26 bits per heavy atom. The molecule has 0 spiro atoms. The van der Waals surface area contributed by atoms with Gasteiger partial charge in [0.1, 0.15) is 0 Å². The number of carboxylic acid groups (broad SMARTS) is 1. The number of aliphatic carboxylic acids is 1. The number of carbonyl (C=O) groups excluding carboxylic acids is 2. The lowest BCUT2D eigenvalue weighted by molar-refractivity contribution is -0.304. The quantitative estimate of drug-likeness (QED) is 0.595. The van der Waals surface area contributed by atoms with Crippen molar-refractivity contribution in [1.29, 1.82) is 0 Å². The van der Waals surface area contributed by atoms with E-state index in [4.69, 9.17) is 0 Å². The van der Waals surface area contributed by atoms with Crippen molar-refractivity contribution in [1.82, 2.24) is 0 Å². The fraction of sp³-hybridized carbons (Fsp3) is 0.167. The van der Waals surface area contributed by atoms with Crippen molar-refractivity contribution in [3.05, 3.63) is 29.8 Å². The molecule has 0 aliphatic carbocycles. The number of hydrogen-bond donors (Lipinski definition) is 0. The zero-order valence-corrected chi connectivity index (χ0v) is 9.39. The highest BCUT2D eigenvalue weighted by Crippen LogP contribution is 2.41. The SMILES string of the molecule is O=C([O-])CC(=O)/C=C/c1ccc2c(c1)OC(F)(F)O2. The van der Waals surface area contributed by atoms with Crippen LogP contribution in [0.5, 0.6) is 11.5 Å². The molecule has 0 amide bonds. The van der Waals surface area contributed by atoms with Gasteiger partial charge in [0.05, 0.1) is 6.42 Å². The summed E-state index contributed by atoms with van der Waals surface area (Å²) in [7, 11) is 0. The molecule has 0 saturated carbocycles. The predicted molar refractivity (Wildman–Crippen MR) is 56.3 cm³/mol. The summed E-state index contributed by atoms with van der Waals surface area (Å²) in [6, 6.07) is 3.94. The van der Waals surface area contributed by atoms with Crippen molar-refractivity contribution in [2.75, 3.05) is 0 Å². The van der Waals surface area contributed by atoms with E-state index in [0.29, 0.717) is 5.56 Å². The number of alkyl halides is 2. The predicted octanol–water partition coefficient (Wildman–Crippen LogP) is 0.730. The fourth-order valence-corrected chi connectivity index (χ4v) is 1.46. The Morgan fingerprint density at radius 2 is 1.95 bits per heavy atom. The Kier molecular flexibility index (Phi) is 3.20. The average Bonchev–Trinajstić information content (AvgIpc) is 2.58. The molecule has 1 aromatic rings. The van der Waals surface area contributed by atoms with E-state index in [9.17, 15) is 23.5 Å². The Morgan fingerprint density at radius 3 is 2.63 bits per heavy atom. The highest BCUT2D eigenvalue weighted by molar-refractivity contribution is 6.02. The molecule has 1 aliphatic heterocycles.